The number of β-amino-alcohol motifs (C(OH)–C–C–N with tert-alkyl or cyclic N) is 1. The number of aliphatic hydroxyl groups is 1. The first kappa shape index (κ1) is 25.4. The Labute approximate surface area is 222 Å². The van der Waals surface area contributed by atoms with E-state index in [1.165, 1.54) is 0 Å². The van der Waals surface area contributed by atoms with Gasteiger partial charge in [0.15, 0.2) is 17.3 Å². The van der Waals surface area contributed by atoms with Gasteiger partial charge in [-0.2, -0.15) is 0 Å². The van der Waals surface area contributed by atoms with Crippen molar-refractivity contribution in [1.29, 1.82) is 0 Å². The van der Waals surface area contributed by atoms with E-state index >= 15 is 0 Å². The van der Waals surface area contributed by atoms with Crippen molar-refractivity contribution in [3.63, 3.8) is 0 Å². The predicted octanol–water partition coefficient (Wildman–Crippen LogP) is 4.68. The highest BCUT2D eigenvalue weighted by molar-refractivity contribution is 6.09. The van der Waals surface area contributed by atoms with Crippen molar-refractivity contribution in [3.05, 3.63) is 125 Å². The molecule has 1 aliphatic heterocycles. The zero-order valence-electron chi connectivity index (χ0n) is 21.3. The molecule has 1 aliphatic rings. The summed E-state index contributed by atoms with van der Waals surface area (Å²) in [6, 6.07) is 25.4. The number of anilines is 1. The first-order valence-electron chi connectivity index (χ1n) is 12.8. The van der Waals surface area contributed by atoms with Crippen LogP contribution in [0.3, 0.4) is 0 Å². The second-order valence-electron chi connectivity index (χ2n) is 9.86. The topological polar surface area (TPSA) is 79.6 Å². The monoisotopic (exact) mass is 506 g/mol. The number of ketones is 3. The maximum atomic E-state index is 13.0. The number of Topliss-reactive ketones (excluding diaryl/α,β-unsaturated/α-hetero) is 2. The van der Waals surface area contributed by atoms with Crippen LogP contribution in [0, 0.1) is 0 Å². The van der Waals surface area contributed by atoms with Gasteiger partial charge in [0, 0.05) is 61.6 Å². The van der Waals surface area contributed by atoms with Crippen LogP contribution in [-0.2, 0) is 19.9 Å². The molecule has 0 saturated carbocycles. The van der Waals surface area contributed by atoms with E-state index in [0.29, 0.717) is 28.9 Å². The molecule has 0 aliphatic carbocycles. The van der Waals surface area contributed by atoms with Gasteiger partial charge < -0.3 is 14.6 Å². The molecule has 3 aromatic carbocycles. The molecule has 4 aromatic rings. The Kier molecular flexibility index (Phi) is 7.33. The van der Waals surface area contributed by atoms with Gasteiger partial charge in [0.05, 0.1) is 11.8 Å². The number of carbonyl (C=O) groups is 3. The first-order valence-corrected chi connectivity index (χ1v) is 12.8. The van der Waals surface area contributed by atoms with Gasteiger partial charge in [0.25, 0.3) is 0 Å². The molecule has 0 amide bonds. The molecule has 0 spiro atoms. The molecular formula is C32H30N2O4. The molecule has 0 unspecified atom stereocenters. The van der Waals surface area contributed by atoms with Crippen LogP contribution >= 0.6 is 0 Å². The number of hydrogen-bond donors (Lipinski definition) is 1. The van der Waals surface area contributed by atoms with Crippen molar-refractivity contribution < 1.29 is 19.5 Å². The number of aryl methyl sites for hydroxylation is 1. The summed E-state index contributed by atoms with van der Waals surface area (Å²) in [5.41, 5.74) is 5.10. The quantitative estimate of drug-likeness (QED) is 0.334. The highest BCUT2D eigenvalue weighted by Gasteiger charge is 2.20. The Balaban J connectivity index is 1.18. The first-order chi connectivity index (χ1) is 18.4. The maximum Gasteiger partial charge on any atom is 0.193 e. The van der Waals surface area contributed by atoms with Gasteiger partial charge in [0.1, 0.15) is 0 Å². The Bertz CT molecular complexity index is 1450. The van der Waals surface area contributed by atoms with Gasteiger partial charge in [-0.05, 0) is 53.9 Å². The lowest BCUT2D eigenvalue weighted by Gasteiger charge is -2.17. The molecule has 1 fully saturated rings. The van der Waals surface area contributed by atoms with Crippen LogP contribution in [0.4, 0.5) is 5.69 Å². The molecule has 6 nitrogen and oxygen atoms in total. The van der Waals surface area contributed by atoms with Crippen LogP contribution in [0.2, 0.25) is 0 Å². The number of aliphatic hydroxyl groups excluding tert-OH is 1. The average Bonchev–Trinajstić information content (AvgIpc) is 3.57. The molecule has 0 bridgehead atoms. The molecular weight excluding hydrogens is 476 g/mol. The fraction of sp³-hybridized carbons (Fsp3) is 0.219. The Morgan fingerprint density at radius 1 is 0.763 bits per heavy atom. The summed E-state index contributed by atoms with van der Waals surface area (Å²) in [5, 5.41) is 9.73. The van der Waals surface area contributed by atoms with E-state index in [1.807, 2.05) is 67.8 Å². The second kappa shape index (κ2) is 11.0. The standard InChI is InChI=1S/C32H30N2O4/c1-33-17-2-3-29(33)31(37)20-23-6-10-26(11-7-23)32(38)25-8-4-22(5-9-25)19-30(36)24-12-14-27(15-13-24)34-18-16-28(35)21-34/h2-15,17,28,35H,16,18-21H2,1H3/t28-/m0/s1. The van der Waals surface area contributed by atoms with Crippen LogP contribution in [-0.4, -0.2) is 46.2 Å². The normalized spacial score (nSPS) is 15.0. The van der Waals surface area contributed by atoms with E-state index in [9.17, 15) is 19.5 Å². The zero-order chi connectivity index (χ0) is 26.6. The number of hydrogen-bond acceptors (Lipinski definition) is 5. The smallest absolute Gasteiger partial charge is 0.193 e. The summed E-state index contributed by atoms with van der Waals surface area (Å²) < 4.78 is 1.80. The van der Waals surface area contributed by atoms with Crippen LogP contribution in [0.25, 0.3) is 0 Å². The lowest BCUT2D eigenvalue weighted by atomic mass is 9.97. The van der Waals surface area contributed by atoms with Gasteiger partial charge in [0.2, 0.25) is 0 Å². The van der Waals surface area contributed by atoms with Gasteiger partial charge >= 0.3 is 0 Å². The molecule has 6 heteroatoms. The fourth-order valence-electron chi connectivity index (χ4n) is 4.86. The summed E-state index contributed by atoms with van der Waals surface area (Å²) in [5.74, 6) is -0.0625. The molecule has 0 radical (unpaired) electrons. The van der Waals surface area contributed by atoms with E-state index in [4.69, 9.17) is 0 Å². The van der Waals surface area contributed by atoms with E-state index in [2.05, 4.69) is 4.90 Å². The number of rotatable bonds is 9. The van der Waals surface area contributed by atoms with E-state index < -0.39 is 0 Å². The zero-order valence-corrected chi connectivity index (χ0v) is 21.3. The summed E-state index contributed by atoms with van der Waals surface area (Å²) in [6.07, 6.45) is 2.84. The van der Waals surface area contributed by atoms with Crippen molar-refractivity contribution in [2.45, 2.75) is 25.4 Å². The third-order valence-electron chi connectivity index (χ3n) is 7.11. The third kappa shape index (κ3) is 5.66. The van der Waals surface area contributed by atoms with Gasteiger partial charge in [-0.25, -0.2) is 0 Å². The van der Waals surface area contributed by atoms with Crippen LogP contribution in [0.5, 0.6) is 0 Å². The maximum absolute atomic E-state index is 13.0. The van der Waals surface area contributed by atoms with Crippen molar-refractivity contribution in [2.24, 2.45) is 7.05 Å². The van der Waals surface area contributed by atoms with Crippen molar-refractivity contribution >= 4 is 23.0 Å². The summed E-state index contributed by atoms with van der Waals surface area (Å²) in [6.45, 7) is 1.44. The van der Waals surface area contributed by atoms with Crippen molar-refractivity contribution in [2.75, 3.05) is 18.0 Å². The highest BCUT2D eigenvalue weighted by atomic mass is 16.3. The van der Waals surface area contributed by atoms with E-state index in [-0.39, 0.29) is 36.3 Å². The minimum atomic E-state index is -0.291. The molecule has 1 atom stereocenters. The average molecular weight is 507 g/mol. The fourth-order valence-corrected chi connectivity index (χ4v) is 4.86. The summed E-state index contributed by atoms with van der Waals surface area (Å²) in [7, 11) is 1.84. The Morgan fingerprint density at radius 2 is 1.32 bits per heavy atom. The number of benzene rings is 3. The Morgan fingerprint density at radius 3 is 1.82 bits per heavy atom. The second-order valence-corrected chi connectivity index (χ2v) is 9.86. The van der Waals surface area contributed by atoms with Crippen molar-refractivity contribution in [3.8, 4) is 0 Å². The number of nitrogens with zero attached hydrogens (tertiary/aromatic N) is 2. The third-order valence-corrected chi connectivity index (χ3v) is 7.11. The minimum absolute atomic E-state index is 0.0116. The number of carbonyl (C=O) groups excluding carboxylic acids is 3. The largest absolute Gasteiger partial charge is 0.391 e. The number of aromatic nitrogens is 1. The predicted molar refractivity (Wildman–Crippen MR) is 147 cm³/mol. The minimum Gasteiger partial charge on any atom is -0.391 e. The van der Waals surface area contributed by atoms with E-state index in [1.54, 1.807) is 34.9 Å². The molecule has 2 heterocycles. The SMILES string of the molecule is Cn1cccc1C(=O)Cc1ccc(C(=O)c2ccc(CC(=O)c3ccc(N4CC[C@H](O)C4)cc3)cc2)cc1. The van der Waals surface area contributed by atoms with Crippen molar-refractivity contribution in [1.82, 2.24) is 4.57 Å². The van der Waals surface area contributed by atoms with Crippen LogP contribution in [0.15, 0.2) is 91.1 Å². The lowest BCUT2D eigenvalue weighted by molar-refractivity contribution is 0.0980. The van der Waals surface area contributed by atoms with Crippen LogP contribution in [0.1, 0.15) is 54.3 Å². The van der Waals surface area contributed by atoms with Gasteiger partial charge in [-0.15, -0.1) is 0 Å². The van der Waals surface area contributed by atoms with Crippen LogP contribution < -0.4 is 4.90 Å². The lowest BCUT2D eigenvalue weighted by Crippen LogP contribution is -2.21. The molecule has 5 rings (SSSR count). The van der Waals surface area contributed by atoms with E-state index in [0.717, 1.165) is 29.8 Å². The van der Waals surface area contributed by atoms with Gasteiger partial charge in [-0.1, -0.05) is 48.5 Å². The summed E-state index contributed by atoms with van der Waals surface area (Å²) in [4.78, 5) is 40.4. The molecule has 1 N–H and O–H groups in total. The Hall–Kier alpha value is -4.29. The highest BCUT2D eigenvalue weighted by Crippen LogP contribution is 2.22. The molecule has 192 valence electrons. The molecule has 1 saturated heterocycles. The summed E-state index contributed by atoms with van der Waals surface area (Å²) >= 11 is 0. The van der Waals surface area contributed by atoms with Gasteiger partial charge in [-0.3, -0.25) is 14.4 Å². The molecule has 38 heavy (non-hydrogen) atoms. The molecule has 1 aromatic heterocycles.